The normalized spacial score (nSPS) is 10.5. The summed E-state index contributed by atoms with van der Waals surface area (Å²) in [5.74, 6) is -1.51. The molecule has 0 radical (unpaired) electrons. The van der Waals surface area contributed by atoms with Gasteiger partial charge in [0.05, 0.1) is 5.69 Å². The van der Waals surface area contributed by atoms with Crippen molar-refractivity contribution in [2.45, 2.75) is 0 Å². The average molecular weight is 300 g/mol. The van der Waals surface area contributed by atoms with Gasteiger partial charge in [-0.3, -0.25) is 4.98 Å². The largest absolute Gasteiger partial charge is 0.477 e. The predicted octanol–water partition coefficient (Wildman–Crippen LogP) is 3.71. The topological polar surface area (TPSA) is 63.1 Å². The van der Waals surface area contributed by atoms with Crippen LogP contribution >= 0.6 is 11.3 Å². The van der Waals surface area contributed by atoms with Crippen molar-refractivity contribution in [3.63, 3.8) is 0 Å². The molecule has 3 rings (SSSR count). The van der Waals surface area contributed by atoms with E-state index in [1.54, 1.807) is 30.6 Å². The fraction of sp³-hybridized carbons (Fsp3) is 0. The lowest BCUT2D eigenvalue weighted by atomic mass is 10.1. The van der Waals surface area contributed by atoms with Crippen molar-refractivity contribution in [3.8, 4) is 21.8 Å². The minimum atomic E-state index is -1.08. The van der Waals surface area contributed by atoms with E-state index in [4.69, 9.17) is 0 Å². The van der Waals surface area contributed by atoms with Crippen LogP contribution in [0.3, 0.4) is 0 Å². The molecule has 0 aliphatic carbocycles. The van der Waals surface area contributed by atoms with Crippen molar-refractivity contribution >= 4 is 17.3 Å². The molecule has 1 N–H and O–H groups in total. The van der Waals surface area contributed by atoms with Gasteiger partial charge >= 0.3 is 5.97 Å². The zero-order valence-electron chi connectivity index (χ0n) is 10.7. The van der Waals surface area contributed by atoms with Crippen LogP contribution in [-0.4, -0.2) is 21.0 Å². The summed E-state index contributed by atoms with van der Waals surface area (Å²) in [5, 5.41) is 9.88. The Morgan fingerprint density at radius 2 is 1.90 bits per heavy atom. The number of nitrogens with zero attached hydrogens (tertiary/aromatic N) is 2. The number of rotatable bonds is 3. The quantitative estimate of drug-likeness (QED) is 0.801. The van der Waals surface area contributed by atoms with Crippen LogP contribution in [-0.2, 0) is 0 Å². The van der Waals surface area contributed by atoms with E-state index in [0.29, 0.717) is 10.6 Å². The number of hydrogen-bond donors (Lipinski definition) is 1. The Morgan fingerprint density at radius 3 is 2.57 bits per heavy atom. The molecular weight excluding hydrogens is 291 g/mol. The molecule has 0 unspecified atom stereocenters. The summed E-state index contributed by atoms with van der Waals surface area (Å²) in [6.07, 6.45) is 3.22. The third kappa shape index (κ3) is 2.66. The molecule has 3 aromatic rings. The first-order valence-corrected chi connectivity index (χ1v) is 6.87. The van der Waals surface area contributed by atoms with E-state index in [0.717, 1.165) is 16.9 Å². The number of benzene rings is 1. The Morgan fingerprint density at radius 1 is 1.14 bits per heavy atom. The molecule has 1 aromatic carbocycles. The van der Waals surface area contributed by atoms with E-state index in [1.165, 1.54) is 18.2 Å². The van der Waals surface area contributed by atoms with Gasteiger partial charge in [0.1, 0.15) is 15.7 Å². The molecule has 0 amide bonds. The van der Waals surface area contributed by atoms with Gasteiger partial charge in [-0.2, -0.15) is 0 Å². The summed E-state index contributed by atoms with van der Waals surface area (Å²) in [5.41, 5.74) is 1.50. The molecule has 0 aliphatic heterocycles. The minimum absolute atomic E-state index is 0.0902. The lowest BCUT2D eigenvalue weighted by Gasteiger charge is -1.98. The highest BCUT2D eigenvalue weighted by atomic mass is 32.1. The number of carbonyl (C=O) groups is 1. The van der Waals surface area contributed by atoms with Crippen molar-refractivity contribution in [1.29, 1.82) is 0 Å². The van der Waals surface area contributed by atoms with E-state index in [9.17, 15) is 14.3 Å². The van der Waals surface area contributed by atoms with Crippen LogP contribution in [0.25, 0.3) is 21.8 Å². The van der Waals surface area contributed by atoms with Gasteiger partial charge in [0, 0.05) is 23.5 Å². The number of hydrogen-bond acceptors (Lipinski definition) is 4. The molecule has 2 aromatic heterocycles. The monoisotopic (exact) mass is 300 g/mol. The fourth-order valence-electron chi connectivity index (χ4n) is 1.91. The SMILES string of the molecule is O=C(O)c1sc(-c2ccncc2)nc1-c1cccc(F)c1. The number of aromatic nitrogens is 2. The Hall–Kier alpha value is -2.60. The molecule has 0 aliphatic rings. The van der Waals surface area contributed by atoms with Crippen LogP contribution in [0.2, 0.25) is 0 Å². The average Bonchev–Trinajstić information content (AvgIpc) is 2.93. The lowest BCUT2D eigenvalue weighted by Crippen LogP contribution is -1.95. The van der Waals surface area contributed by atoms with Crippen LogP contribution < -0.4 is 0 Å². The maximum Gasteiger partial charge on any atom is 0.348 e. The maximum atomic E-state index is 13.3. The second-order valence-electron chi connectivity index (χ2n) is 4.25. The molecule has 0 atom stereocenters. The zero-order valence-corrected chi connectivity index (χ0v) is 11.5. The molecule has 0 fully saturated rings. The first-order valence-electron chi connectivity index (χ1n) is 6.05. The van der Waals surface area contributed by atoms with Crippen LogP contribution in [0, 0.1) is 5.82 Å². The molecular formula is C15H9FN2O2S. The molecule has 0 saturated heterocycles. The number of thiazole rings is 1. The zero-order chi connectivity index (χ0) is 14.8. The second kappa shape index (κ2) is 5.41. The van der Waals surface area contributed by atoms with E-state index < -0.39 is 11.8 Å². The molecule has 6 heteroatoms. The van der Waals surface area contributed by atoms with Gasteiger partial charge < -0.3 is 5.11 Å². The predicted molar refractivity (Wildman–Crippen MR) is 77.7 cm³/mol. The van der Waals surface area contributed by atoms with Crippen molar-refractivity contribution in [3.05, 3.63) is 59.5 Å². The first kappa shape index (κ1) is 13.4. The minimum Gasteiger partial charge on any atom is -0.477 e. The molecule has 0 bridgehead atoms. The van der Waals surface area contributed by atoms with E-state index in [2.05, 4.69) is 9.97 Å². The Bertz CT molecular complexity index is 802. The summed E-state index contributed by atoms with van der Waals surface area (Å²) in [4.78, 5) is 19.8. The number of carboxylic acids is 1. The Balaban J connectivity index is 2.16. The Labute approximate surface area is 123 Å². The van der Waals surface area contributed by atoms with Crippen molar-refractivity contribution in [1.82, 2.24) is 9.97 Å². The molecule has 0 saturated carbocycles. The number of aromatic carboxylic acids is 1. The summed E-state index contributed by atoms with van der Waals surface area (Å²) in [6, 6.07) is 9.25. The van der Waals surface area contributed by atoms with Gasteiger partial charge in [-0.25, -0.2) is 14.2 Å². The van der Waals surface area contributed by atoms with Crippen molar-refractivity contribution < 1.29 is 14.3 Å². The van der Waals surface area contributed by atoms with Crippen molar-refractivity contribution in [2.75, 3.05) is 0 Å². The van der Waals surface area contributed by atoms with E-state index in [1.807, 2.05) is 0 Å². The third-order valence-electron chi connectivity index (χ3n) is 2.85. The number of pyridine rings is 1. The van der Waals surface area contributed by atoms with E-state index >= 15 is 0 Å². The first-order chi connectivity index (χ1) is 10.1. The highest BCUT2D eigenvalue weighted by Crippen LogP contribution is 2.33. The summed E-state index contributed by atoms with van der Waals surface area (Å²) < 4.78 is 13.3. The van der Waals surface area contributed by atoms with Gasteiger partial charge in [-0.05, 0) is 24.3 Å². The van der Waals surface area contributed by atoms with Crippen LogP contribution in [0.5, 0.6) is 0 Å². The lowest BCUT2D eigenvalue weighted by molar-refractivity contribution is 0.0702. The number of halogens is 1. The van der Waals surface area contributed by atoms with Crippen LogP contribution in [0.15, 0.2) is 48.8 Å². The van der Waals surface area contributed by atoms with Gasteiger partial charge in [-0.15, -0.1) is 11.3 Å². The van der Waals surface area contributed by atoms with Gasteiger partial charge in [0.25, 0.3) is 0 Å². The standard InChI is InChI=1S/C15H9FN2O2S/c16-11-3-1-2-10(8-11)12-13(15(19)20)21-14(18-12)9-4-6-17-7-5-9/h1-8H,(H,19,20). The van der Waals surface area contributed by atoms with Gasteiger partial charge in [0.15, 0.2) is 0 Å². The fourth-order valence-corrected chi connectivity index (χ4v) is 2.85. The highest BCUT2D eigenvalue weighted by Gasteiger charge is 2.19. The smallest absolute Gasteiger partial charge is 0.348 e. The molecule has 4 nitrogen and oxygen atoms in total. The molecule has 2 heterocycles. The Kier molecular flexibility index (Phi) is 3.45. The summed E-state index contributed by atoms with van der Waals surface area (Å²) in [6.45, 7) is 0. The molecule has 21 heavy (non-hydrogen) atoms. The summed E-state index contributed by atoms with van der Waals surface area (Å²) >= 11 is 1.06. The third-order valence-corrected chi connectivity index (χ3v) is 3.94. The van der Waals surface area contributed by atoms with Crippen LogP contribution in [0.4, 0.5) is 4.39 Å². The summed E-state index contributed by atoms with van der Waals surface area (Å²) in [7, 11) is 0. The highest BCUT2D eigenvalue weighted by molar-refractivity contribution is 7.17. The van der Waals surface area contributed by atoms with Gasteiger partial charge in [0.2, 0.25) is 0 Å². The number of carboxylic acid groups (broad SMARTS) is 1. The van der Waals surface area contributed by atoms with E-state index in [-0.39, 0.29) is 10.6 Å². The van der Waals surface area contributed by atoms with Crippen molar-refractivity contribution in [2.24, 2.45) is 0 Å². The van der Waals surface area contributed by atoms with Gasteiger partial charge in [-0.1, -0.05) is 12.1 Å². The second-order valence-corrected chi connectivity index (χ2v) is 5.25. The molecule has 0 spiro atoms. The maximum absolute atomic E-state index is 13.3. The van der Waals surface area contributed by atoms with Crippen LogP contribution in [0.1, 0.15) is 9.67 Å². The molecule has 104 valence electrons.